The maximum Gasteiger partial charge on any atom is 0.137 e. The number of hydrogen-bond acceptors (Lipinski definition) is 4. The van der Waals surface area contributed by atoms with Crippen molar-refractivity contribution in [3.63, 3.8) is 0 Å². The predicted molar refractivity (Wildman–Crippen MR) is 148 cm³/mol. The minimum Gasteiger partial charge on any atom is -0.154 e. The summed E-state index contributed by atoms with van der Waals surface area (Å²) in [5, 5.41) is 4.45. The average Bonchev–Trinajstić information content (AvgIpc) is 3.50. The van der Waals surface area contributed by atoms with Gasteiger partial charge in [-0.1, -0.05) is 87.8 Å². The molecule has 4 heterocycles. The first-order chi connectivity index (χ1) is 13.6. The van der Waals surface area contributed by atoms with E-state index in [2.05, 4.69) is 121 Å². The lowest BCUT2D eigenvalue weighted by molar-refractivity contribution is 1.84. The van der Waals surface area contributed by atoms with Gasteiger partial charge in [-0.25, -0.2) is 0 Å². The molecule has 0 spiro atoms. The van der Waals surface area contributed by atoms with E-state index >= 15 is 0 Å². The van der Waals surface area contributed by atoms with Gasteiger partial charge in [-0.3, -0.25) is 0 Å². The van der Waals surface area contributed by atoms with E-state index in [9.17, 15) is 0 Å². The van der Waals surface area contributed by atoms with Crippen LogP contribution in [0.4, 0.5) is 0 Å². The van der Waals surface area contributed by atoms with Crippen LogP contribution in [0.15, 0.2) is 59.3 Å². The van der Waals surface area contributed by atoms with Gasteiger partial charge in [0.05, 0.1) is 0 Å². The monoisotopic (exact) mass is 504 g/mol. The Bertz CT molecular complexity index is 997. The number of hydrogen-bond donors (Lipinski definition) is 0. The maximum absolute atomic E-state index is 2.54. The molecule has 0 unspecified atom stereocenters. The van der Waals surface area contributed by atoms with Gasteiger partial charge in [0, 0.05) is 0 Å². The summed E-state index contributed by atoms with van der Waals surface area (Å²) >= 11 is 8.07. The van der Waals surface area contributed by atoms with Crippen molar-refractivity contribution in [1.29, 1.82) is 0 Å². The summed E-state index contributed by atoms with van der Waals surface area (Å²) in [5.74, 6) is 0. The molecule has 0 aromatic carbocycles. The second-order valence-electron chi connectivity index (χ2n) is 9.16. The highest BCUT2D eigenvalue weighted by Crippen LogP contribution is 2.17. The van der Waals surface area contributed by atoms with Gasteiger partial charge in [-0.2, -0.15) is 45.3 Å². The molecule has 29 heavy (non-hydrogen) atoms. The van der Waals surface area contributed by atoms with E-state index in [0.29, 0.717) is 0 Å². The highest BCUT2D eigenvalue weighted by atomic mass is 32.1. The molecule has 0 saturated heterocycles. The molecule has 4 aromatic rings. The molecule has 0 saturated carbocycles. The summed E-state index contributed by atoms with van der Waals surface area (Å²) in [6, 6.07) is 18.9. The van der Waals surface area contributed by atoms with Crippen LogP contribution in [-0.4, -0.2) is 24.2 Å². The molecule has 0 fully saturated rings. The van der Waals surface area contributed by atoms with E-state index in [-0.39, 0.29) is 0 Å². The smallest absolute Gasteiger partial charge is 0.137 e. The minimum atomic E-state index is -1.65. The highest BCUT2D eigenvalue weighted by molar-refractivity contribution is 7.46. The second-order valence-corrected chi connectivity index (χ2v) is 28.4. The highest BCUT2D eigenvalue weighted by Gasteiger charge is 2.36. The zero-order chi connectivity index (χ0) is 20.9. The summed E-state index contributed by atoms with van der Waals surface area (Å²) in [6.45, 7) is 15.1. The van der Waals surface area contributed by atoms with Gasteiger partial charge in [-0.15, -0.1) is 0 Å². The van der Waals surface area contributed by atoms with E-state index < -0.39 is 24.2 Å². The van der Waals surface area contributed by atoms with Crippen molar-refractivity contribution in [2.24, 2.45) is 0 Å². The predicted octanol–water partition coefficient (Wildman–Crippen LogP) is 4.40. The Balaban J connectivity index is 1.65. The molecule has 0 bridgehead atoms. The first-order valence-corrected chi connectivity index (χ1v) is 22.3. The summed E-state index contributed by atoms with van der Waals surface area (Å²) < 4.78 is 9.70. The van der Waals surface area contributed by atoms with Crippen molar-refractivity contribution in [2.75, 3.05) is 0 Å². The lowest BCUT2D eigenvalue weighted by Crippen LogP contribution is -2.53. The fourth-order valence-electron chi connectivity index (χ4n) is 3.65. The Morgan fingerprint density at radius 2 is 0.759 bits per heavy atom. The van der Waals surface area contributed by atoms with Crippen LogP contribution in [0.25, 0.3) is 0 Å². The molecule has 0 nitrogen and oxygen atoms in total. The summed E-state index contributed by atoms with van der Waals surface area (Å²) in [7, 11) is -4.76. The molecule has 0 N–H and O–H groups in total. The third-order valence-electron chi connectivity index (χ3n) is 5.95. The van der Waals surface area contributed by atoms with Crippen molar-refractivity contribution in [2.45, 2.75) is 39.3 Å². The van der Waals surface area contributed by atoms with Gasteiger partial charge in [0.1, 0.15) is 24.2 Å². The summed E-state index contributed by atoms with van der Waals surface area (Å²) in [5.41, 5.74) is 0. The normalized spacial score (nSPS) is 13.2. The van der Waals surface area contributed by atoms with Crippen molar-refractivity contribution < 1.29 is 0 Å². The standard InChI is InChI=1S/C22H28S4Si3/c1-27(2,17-9-7-15-23-17)19-11-13-21(25-19)29(5,6)22-14-12-20(26-22)28(3,4)18-10-8-16-24-18/h7-16H,1-6H3. The third-order valence-corrected chi connectivity index (χ3v) is 28.3. The van der Waals surface area contributed by atoms with Crippen molar-refractivity contribution in [1.82, 2.24) is 0 Å². The summed E-state index contributed by atoms with van der Waals surface area (Å²) in [6.07, 6.45) is 0. The minimum absolute atomic E-state index is 1.55. The molecule has 0 amide bonds. The van der Waals surface area contributed by atoms with Gasteiger partial charge in [-0.05, 0) is 37.8 Å². The molecule has 0 radical (unpaired) electrons. The molecule has 0 aliphatic rings. The zero-order valence-electron chi connectivity index (χ0n) is 17.9. The van der Waals surface area contributed by atoms with Crippen molar-refractivity contribution in [3.8, 4) is 0 Å². The fourth-order valence-corrected chi connectivity index (χ4v) is 20.7. The van der Waals surface area contributed by atoms with Crippen LogP contribution >= 0.6 is 45.3 Å². The maximum atomic E-state index is 2.54. The van der Waals surface area contributed by atoms with Crippen LogP contribution in [0.1, 0.15) is 0 Å². The second kappa shape index (κ2) is 7.85. The first kappa shape index (κ1) is 21.7. The Kier molecular flexibility index (Phi) is 5.87. The third kappa shape index (κ3) is 3.91. The number of rotatable bonds is 6. The van der Waals surface area contributed by atoms with Crippen molar-refractivity contribution >= 4 is 96.6 Å². The lowest BCUT2D eigenvalue weighted by Gasteiger charge is -2.22. The van der Waals surface area contributed by atoms with Crippen LogP contribution in [0.3, 0.4) is 0 Å². The van der Waals surface area contributed by atoms with E-state index in [1.807, 2.05) is 22.7 Å². The van der Waals surface area contributed by atoms with E-state index in [4.69, 9.17) is 0 Å². The Hall–Kier alpha value is -0.549. The lowest BCUT2D eigenvalue weighted by atomic mass is 10.7. The largest absolute Gasteiger partial charge is 0.154 e. The molecule has 7 heteroatoms. The van der Waals surface area contributed by atoms with Crippen molar-refractivity contribution in [3.05, 3.63) is 59.3 Å². The quantitative estimate of drug-likeness (QED) is 0.341. The van der Waals surface area contributed by atoms with Crippen LogP contribution < -0.4 is 27.0 Å². The average molecular weight is 505 g/mol. The van der Waals surface area contributed by atoms with E-state index in [1.54, 1.807) is 27.0 Å². The van der Waals surface area contributed by atoms with E-state index in [1.165, 1.54) is 0 Å². The van der Waals surface area contributed by atoms with Gasteiger partial charge >= 0.3 is 0 Å². The van der Waals surface area contributed by atoms with Gasteiger partial charge in [0.25, 0.3) is 0 Å². The molecule has 0 aliphatic carbocycles. The zero-order valence-corrected chi connectivity index (χ0v) is 24.2. The molecular formula is C22H28S4Si3. The first-order valence-electron chi connectivity index (χ1n) is 9.93. The SMILES string of the molecule is C[Si](C)(c1cccs1)c1ccc([Si](C)(C)c2ccc([Si](C)(C)c3cccs3)s2)s1. The van der Waals surface area contributed by atoms with Gasteiger partial charge in [0.15, 0.2) is 0 Å². The summed E-state index contributed by atoms with van der Waals surface area (Å²) in [4.78, 5) is 0. The Morgan fingerprint density at radius 1 is 0.448 bits per heavy atom. The molecule has 0 aliphatic heterocycles. The Labute approximate surface area is 193 Å². The topological polar surface area (TPSA) is 0 Å². The fraction of sp³-hybridized carbons (Fsp3) is 0.273. The van der Waals surface area contributed by atoms with Crippen LogP contribution in [0, 0.1) is 0 Å². The molecule has 0 atom stereocenters. The van der Waals surface area contributed by atoms with Crippen LogP contribution in [0.2, 0.25) is 39.3 Å². The number of thiophene rings is 4. The molecule has 152 valence electrons. The molecule has 4 rings (SSSR count). The Morgan fingerprint density at radius 3 is 1.03 bits per heavy atom. The molecule has 4 aromatic heterocycles. The van der Waals surface area contributed by atoms with Gasteiger partial charge < -0.3 is 0 Å². The molecular weight excluding hydrogens is 477 g/mol. The van der Waals surface area contributed by atoms with Crippen LogP contribution in [0.5, 0.6) is 0 Å². The van der Waals surface area contributed by atoms with Crippen LogP contribution in [-0.2, 0) is 0 Å². The van der Waals surface area contributed by atoms with Gasteiger partial charge in [0.2, 0.25) is 0 Å². The van der Waals surface area contributed by atoms with E-state index in [0.717, 1.165) is 0 Å².